The van der Waals surface area contributed by atoms with Crippen molar-refractivity contribution in [1.82, 2.24) is 4.98 Å². The summed E-state index contributed by atoms with van der Waals surface area (Å²) in [6.45, 7) is 5.01. The number of nitrogens with zero attached hydrogens (tertiary/aromatic N) is 2. The second-order valence-corrected chi connectivity index (χ2v) is 10.7. The fourth-order valence-electron chi connectivity index (χ4n) is 4.87. The molecule has 0 bridgehead atoms. The van der Waals surface area contributed by atoms with Gasteiger partial charge in [0.15, 0.2) is 16.6 Å². The zero-order chi connectivity index (χ0) is 29.8. The molecule has 1 aromatic heterocycles. The number of fused-ring (bicyclic) bond motifs is 1. The van der Waals surface area contributed by atoms with Crippen LogP contribution in [-0.4, -0.2) is 42.1 Å². The van der Waals surface area contributed by atoms with Gasteiger partial charge in [-0.1, -0.05) is 37.2 Å². The molecule has 0 spiro atoms. The number of hydrogen-bond donors (Lipinski definition) is 1. The third kappa shape index (κ3) is 5.67. The van der Waals surface area contributed by atoms with Gasteiger partial charge < -0.3 is 19.3 Å². The van der Waals surface area contributed by atoms with Crippen molar-refractivity contribution in [2.45, 2.75) is 39.2 Å². The molecule has 3 aromatic carbocycles. The lowest BCUT2D eigenvalue weighted by molar-refractivity contribution is -0.132. The van der Waals surface area contributed by atoms with E-state index in [0.29, 0.717) is 41.5 Å². The van der Waals surface area contributed by atoms with E-state index in [0.717, 1.165) is 24.0 Å². The summed E-state index contributed by atoms with van der Waals surface area (Å²) in [4.78, 5) is 33.1. The molecule has 42 heavy (non-hydrogen) atoms. The highest BCUT2D eigenvalue weighted by atomic mass is 32.1. The van der Waals surface area contributed by atoms with Crippen LogP contribution in [0.2, 0.25) is 0 Å². The zero-order valence-electron chi connectivity index (χ0n) is 23.6. The molecular formula is C32H31FN2O6S. The van der Waals surface area contributed by atoms with Gasteiger partial charge in [-0.2, -0.15) is 0 Å². The molecular weight excluding hydrogens is 559 g/mol. The van der Waals surface area contributed by atoms with Gasteiger partial charge in [-0.3, -0.25) is 14.5 Å². The summed E-state index contributed by atoms with van der Waals surface area (Å²) in [6, 6.07) is 14.6. The first-order valence-electron chi connectivity index (χ1n) is 13.8. The Labute approximate surface area is 247 Å². The molecule has 8 nitrogen and oxygen atoms in total. The SMILES string of the molecule is CCCCCOc1ccc(C2/C(=C(\O)c3ccc(F)cc3)C(=O)C(=O)N2c2nc3ccc(OCC)cc3s2)cc1OC. The topological polar surface area (TPSA) is 98.2 Å². The molecule has 4 aromatic rings. The molecule has 218 valence electrons. The molecule has 0 aliphatic carbocycles. The normalized spacial score (nSPS) is 16.3. The number of ketones is 1. The highest BCUT2D eigenvalue weighted by Crippen LogP contribution is 2.46. The van der Waals surface area contributed by atoms with Crippen LogP contribution in [0.3, 0.4) is 0 Å². The predicted molar refractivity (Wildman–Crippen MR) is 160 cm³/mol. The van der Waals surface area contributed by atoms with Crippen LogP contribution < -0.4 is 19.1 Å². The molecule has 1 saturated heterocycles. The fraction of sp³-hybridized carbons (Fsp3) is 0.281. The Kier molecular flexibility index (Phi) is 8.72. The minimum absolute atomic E-state index is 0.139. The van der Waals surface area contributed by atoms with E-state index in [4.69, 9.17) is 14.2 Å². The molecule has 10 heteroatoms. The largest absolute Gasteiger partial charge is 0.507 e. The highest BCUT2D eigenvalue weighted by Gasteiger charge is 2.48. The van der Waals surface area contributed by atoms with Crippen molar-refractivity contribution in [2.24, 2.45) is 0 Å². The third-order valence-corrected chi connectivity index (χ3v) is 7.95. The van der Waals surface area contributed by atoms with Crippen molar-refractivity contribution in [3.8, 4) is 17.2 Å². The first-order valence-corrected chi connectivity index (χ1v) is 14.6. The second kappa shape index (κ2) is 12.6. The smallest absolute Gasteiger partial charge is 0.301 e. The maximum absolute atomic E-state index is 13.7. The summed E-state index contributed by atoms with van der Waals surface area (Å²) in [5, 5.41) is 11.6. The first-order chi connectivity index (χ1) is 20.4. The van der Waals surface area contributed by atoms with Crippen molar-refractivity contribution in [3.63, 3.8) is 0 Å². The monoisotopic (exact) mass is 590 g/mol. The van der Waals surface area contributed by atoms with Gasteiger partial charge in [0.2, 0.25) is 0 Å². The lowest BCUT2D eigenvalue weighted by atomic mass is 9.95. The van der Waals surface area contributed by atoms with E-state index in [1.165, 1.54) is 47.6 Å². The number of benzene rings is 3. The Hall–Kier alpha value is -4.44. The van der Waals surface area contributed by atoms with Gasteiger partial charge in [0.1, 0.15) is 17.3 Å². The van der Waals surface area contributed by atoms with Crippen LogP contribution in [-0.2, 0) is 9.59 Å². The summed E-state index contributed by atoms with van der Waals surface area (Å²) in [5.41, 5.74) is 1.20. The van der Waals surface area contributed by atoms with Crippen molar-refractivity contribution < 1.29 is 33.3 Å². The minimum atomic E-state index is -1.04. The third-order valence-electron chi connectivity index (χ3n) is 6.94. The van der Waals surface area contributed by atoms with Gasteiger partial charge in [-0.15, -0.1) is 0 Å². The molecule has 1 aliphatic rings. The van der Waals surface area contributed by atoms with Crippen molar-refractivity contribution >= 4 is 44.1 Å². The Morgan fingerprint density at radius 2 is 1.79 bits per heavy atom. The average molecular weight is 591 g/mol. The van der Waals surface area contributed by atoms with Crippen LogP contribution in [0.1, 0.15) is 50.3 Å². The van der Waals surface area contributed by atoms with Gasteiger partial charge in [-0.05, 0) is 73.5 Å². The number of methoxy groups -OCH3 is 1. The van der Waals surface area contributed by atoms with Crippen LogP contribution in [0.15, 0.2) is 66.2 Å². The van der Waals surface area contributed by atoms with Gasteiger partial charge in [-0.25, -0.2) is 9.37 Å². The number of aromatic nitrogens is 1. The number of aliphatic hydroxyl groups excluding tert-OH is 1. The molecule has 1 amide bonds. The van der Waals surface area contributed by atoms with Gasteiger partial charge in [0, 0.05) is 5.56 Å². The van der Waals surface area contributed by atoms with Crippen molar-refractivity contribution in [1.29, 1.82) is 0 Å². The Morgan fingerprint density at radius 1 is 1.00 bits per heavy atom. The van der Waals surface area contributed by atoms with Gasteiger partial charge in [0.05, 0.1) is 42.2 Å². The van der Waals surface area contributed by atoms with Crippen LogP contribution >= 0.6 is 11.3 Å². The fourth-order valence-corrected chi connectivity index (χ4v) is 5.89. The molecule has 0 saturated carbocycles. The number of carbonyl (C=O) groups is 2. The summed E-state index contributed by atoms with van der Waals surface area (Å²) >= 11 is 1.23. The molecule has 1 aliphatic heterocycles. The first kappa shape index (κ1) is 29.1. The quantitative estimate of drug-likeness (QED) is 0.0866. The highest BCUT2D eigenvalue weighted by molar-refractivity contribution is 7.22. The number of Topliss-reactive ketones (excluding diaryl/α,β-unsaturated/α-hetero) is 1. The number of carbonyl (C=O) groups excluding carboxylic acids is 2. The van der Waals surface area contributed by atoms with Crippen LogP contribution in [0.5, 0.6) is 17.2 Å². The molecule has 1 atom stereocenters. The van der Waals surface area contributed by atoms with Crippen molar-refractivity contribution in [2.75, 3.05) is 25.2 Å². The molecule has 0 radical (unpaired) electrons. The summed E-state index contributed by atoms with van der Waals surface area (Å²) in [7, 11) is 1.51. The van der Waals surface area contributed by atoms with E-state index in [9.17, 15) is 19.1 Å². The number of rotatable bonds is 11. The second-order valence-electron chi connectivity index (χ2n) is 9.70. The lowest BCUT2D eigenvalue weighted by Gasteiger charge is -2.24. The molecule has 2 heterocycles. The number of anilines is 1. The Morgan fingerprint density at radius 3 is 2.50 bits per heavy atom. The number of halogens is 1. The van der Waals surface area contributed by atoms with E-state index >= 15 is 0 Å². The molecule has 1 fully saturated rings. The minimum Gasteiger partial charge on any atom is -0.507 e. The average Bonchev–Trinajstić information content (AvgIpc) is 3.53. The van der Waals surface area contributed by atoms with Crippen LogP contribution in [0.4, 0.5) is 9.52 Å². The molecule has 1 unspecified atom stereocenters. The number of thiazole rings is 1. The summed E-state index contributed by atoms with van der Waals surface area (Å²) < 4.78 is 31.6. The number of ether oxygens (including phenoxy) is 3. The molecule has 1 N–H and O–H groups in total. The van der Waals surface area contributed by atoms with E-state index < -0.39 is 29.3 Å². The maximum atomic E-state index is 13.7. The standard InChI is InChI=1S/C32H31FN2O6S/c1-4-6-7-16-41-24-15-10-20(17-25(24)39-3)28-27(29(36)19-8-11-21(33)12-9-19)30(37)31(38)35(28)32-34-23-14-13-22(40-5-2)18-26(23)42-32/h8-15,17-18,28,36H,4-7,16H2,1-3H3/b29-27+. The van der Waals surface area contributed by atoms with E-state index in [-0.39, 0.29) is 16.3 Å². The van der Waals surface area contributed by atoms with E-state index in [1.807, 2.05) is 13.0 Å². The number of hydrogen-bond acceptors (Lipinski definition) is 8. The van der Waals surface area contributed by atoms with E-state index in [1.54, 1.807) is 30.3 Å². The maximum Gasteiger partial charge on any atom is 0.301 e. The molecule has 5 rings (SSSR count). The number of amides is 1. The zero-order valence-corrected chi connectivity index (χ0v) is 24.4. The van der Waals surface area contributed by atoms with Crippen LogP contribution in [0, 0.1) is 5.82 Å². The lowest BCUT2D eigenvalue weighted by Crippen LogP contribution is -2.29. The van der Waals surface area contributed by atoms with Crippen LogP contribution in [0.25, 0.3) is 16.0 Å². The Balaban J connectivity index is 1.64. The van der Waals surface area contributed by atoms with E-state index in [2.05, 4.69) is 11.9 Å². The van der Waals surface area contributed by atoms with Gasteiger partial charge >= 0.3 is 5.91 Å². The number of unbranched alkanes of at least 4 members (excludes halogenated alkanes) is 2. The van der Waals surface area contributed by atoms with Gasteiger partial charge in [0.25, 0.3) is 5.78 Å². The predicted octanol–water partition coefficient (Wildman–Crippen LogP) is 7.04. The number of aliphatic hydroxyl groups is 1. The van der Waals surface area contributed by atoms with Crippen molar-refractivity contribution in [3.05, 3.63) is 83.2 Å². The Bertz CT molecular complexity index is 1650. The summed E-state index contributed by atoms with van der Waals surface area (Å²) in [5.74, 6) is -1.03. The summed E-state index contributed by atoms with van der Waals surface area (Å²) in [6.07, 6.45) is 2.99.